The van der Waals surface area contributed by atoms with Gasteiger partial charge in [-0.3, -0.25) is 4.79 Å². The maximum Gasteiger partial charge on any atom is 0.233 e. The third kappa shape index (κ3) is 4.26. The molecule has 4 nitrogen and oxygen atoms in total. The first-order valence-electron chi connectivity index (χ1n) is 6.32. The predicted octanol–water partition coefficient (Wildman–Crippen LogP) is 3.45. The van der Waals surface area contributed by atoms with Crippen LogP contribution in [0, 0.1) is 3.95 Å². The fourth-order valence-electron chi connectivity index (χ4n) is 1.56. The number of hydrogen-bond donors (Lipinski definition) is 1. The molecule has 0 radical (unpaired) electrons. The molecule has 2 aromatic rings. The molecule has 0 fully saturated rings. The molecule has 0 bridgehead atoms. The van der Waals surface area contributed by atoms with Gasteiger partial charge in [0, 0.05) is 6.54 Å². The van der Waals surface area contributed by atoms with Crippen LogP contribution >= 0.6 is 35.3 Å². The Balaban J connectivity index is 2.11. The Hall–Kier alpha value is -1.44. The van der Waals surface area contributed by atoms with Crippen LogP contribution in [0.15, 0.2) is 47.3 Å². The summed E-state index contributed by atoms with van der Waals surface area (Å²) < 4.78 is 3.17. The highest BCUT2D eigenvalue weighted by molar-refractivity contribution is 8.02. The molecule has 0 unspecified atom stereocenters. The lowest BCUT2D eigenvalue weighted by Crippen LogP contribution is -2.30. The van der Waals surface area contributed by atoms with Crippen molar-refractivity contribution in [3.05, 3.63) is 46.9 Å². The Morgan fingerprint density at radius 3 is 2.95 bits per heavy atom. The Morgan fingerprint density at radius 1 is 1.57 bits per heavy atom. The van der Waals surface area contributed by atoms with Gasteiger partial charge in [0.05, 0.1) is 10.9 Å². The second-order valence-corrected chi connectivity index (χ2v) is 7.39. The number of para-hydroxylation sites is 1. The predicted molar refractivity (Wildman–Crippen MR) is 90.8 cm³/mol. The van der Waals surface area contributed by atoms with E-state index in [1.54, 1.807) is 10.8 Å². The number of aromatic nitrogens is 2. The lowest BCUT2D eigenvalue weighted by Gasteiger charge is -2.08. The van der Waals surface area contributed by atoms with Crippen LogP contribution in [-0.4, -0.2) is 27.5 Å². The second kappa shape index (κ2) is 7.53. The number of rotatable bonds is 6. The molecule has 0 aliphatic rings. The van der Waals surface area contributed by atoms with Crippen LogP contribution in [0.2, 0.25) is 0 Å². The van der Waals surface area contributed by atoms with E-state index >= 15 is 0 Å². The third-order valence-electron chi connectivity index (χ3n) is 2.60. The van der Waals surface area contributed by atoms with E-state index in [0.717, 1.165) is 10.0 Å². The van der Waals surface area contributed by atoms with Crippen molar-refractivity contribution in [1.82, 2.24) is 15.1 Å². The molecule has 1 aromatic heterocycles. The highest BCUT2D eigenvalue weighted by atomic mass is 32.2. The van der Waals surface area contributed by atoms with E-state index in [-0.39, 0.29) is 11.2 Å². The summed E-state index contributed by atoms with van der Waals surface area (Å²) in [6, 6.07) is 9.72. The van der Waals surface area contributed by atoms with Crippen molar-refractivity contribution in [3.63, 3.8) is 0 Å². The van der Waals surface area contributed by atoms with E-state index in [1.165, 1.54) is 23.1 Å². The van der Waals surface area contributed by atoms with E-state index in [1.807, 2.05) is 37.3 Å². The molecule has 110 valence electrons. The van der Waals surface area contributed by atoms with Gasteiger partial charge in [-0.15, -0.1) is 11.7 Å². The molecular weight excluding hydrogens is 322 g/mol. The van der Waals surface area contributed by atoms with Crippen LogP contribution in [-0.2, 0) is 4.79 Å². The minimum Gasteiger partial charge on any atom is -0.352 e. The highest BCUT2D eigenvalue weighted by Gasteiger charge is 2.16. The Morgan fingerprint density at radius 2 is 2.29 bits per heavy atom. The molecule has 1 atom stereocenters. The molecule has 1 N–H and O–H groups in total. The van der Waals surface area contributed by atoms with Crippen LogP contribution in [0.4, 0.5) is 0 Å². The summed E-state index contributed by atoms with van der Waals surface area (Å²) >= 11 is 8.15. The zero-order valence-corrected chi connectivity index (χ0v) is 13.9. The second-order valence-electron chi connectivity index (χ2n) is 4.18. The van der Waals surface area contributed by atoms with Gasteiger partial charge in [0.25, 0.3) is 0 Å². The number of hydrogen-bond acceptors (Lipinski definition) is 5. The molecule has 21 heavy (non-hydrogen) atoms. The van der Waals surface area contributed by atoms with Crippen LogP contribution < -0.4 is 5.32 Å². The number of carbonyl (C=O) groups excluding carboxylic acids is 1. The highest BCUT2D eigenvalue weighted by Crippen LogP contribution is 2.27. The number of amides is 1. The minimum absolute atomic E-state index is 0.0349. The van der Waals surface area contributed by atoms with Crippen molar-refractivity contribution in [2.45, 2.75) is 16.5 Å². The first-order valence-corrected chi connectivity index (χ1v) is 8.43. The SMILES string of the molecule is C=CCNC(=O)[C@@H](C)Sc1nn(-c2ccccc2)c(=S)s1. The molecule has 1 heterocycles. The van der Waals surface area contributed by atoms with Gasteiger partial charge < -0.3 is 5.32 Å². The Kier molecular flexibility index (Phi) is 5.72. The van der Waals surface area contributed by atoms with Crippen LogP contribution in [0.1, 0.15) is 6.92 Å². The van der Waals surface area contributed by atoms with E-state index in [9.17, 15) is 4.79 Å². The van der Waals surface area contributed by atoms with Gasteiger partial charge in [-0.2, -0.15) is 0 Å². The monoisotopic (exact) mass is 337 g/mol. The first kappa shape index (κ1) is 15.9. The van der Waals surface area contributed by atoms with Gasteiger partial charge in [0.1, 0.15) is 0 Å². The molecule has 0 aliphatic heterocycles. The first-order chi connectivity index (χ1) is 10.1. The smallest absolute Gasteiger partial charge is 0.233 e. The zero-order valence-electron chi connectivity index (χ0n) is 11.5. The topological polar surface area (TPSA) is 46.9 Å². The summed E-state index contributed by atoms with van der Waals surface area (Å²) in [7, 11) is 0. The fourth-order valence-corrected chi connectivity index (χ4v) is 4.09. The van der Waals surface area contributed by atoms with Crippen LogP contribution in [0.3, 0.4) is 0 Å². The molecule has 2 rings (SSSR count). The van der Waals surface area contributed by atoms with Crippen molar-refractivity contribution in [3.8, 4) is 5.69 Å². The molecule has 1 aromatic carbocycles. The van der Waals surface area contributed by atoms with E-state index < -0.39 is 0 Å². The van der Waals surface area contributed by atoms with E-state index in [2.05, 4.69) is 17.0 Å². The molecule has 1 amide bonds. The van der Waals surface area contributed by atoms with Crippen LogP contribution in [0.5, 0.6) is 0 Å². The summed E-state index contributed by atoms with van der Waals surface area (Å²) in [5, 5.41) is 7.02. The number of nitrogens with one attached hydrogen (secondary N) is 1. The summed E-state index contributed by atoms with van der Waals surface area (Å²) in [6.45, 7) is 5.89. The molecule has 0 saturated carbocycles. The summed E-state index contributed by atoms with van der Waals surface area (Å²) in [6.07, 6.45) is 1.66. The largest absolute Gasteiger partial charge is 0.352 e. The van der Waals surface area contributed by atoms with Gasteiger partial charge in [-0.25, -0.2) is 4.68 Å². The van der Waals surface area contributed by atoms with Gasteiger partial charge in [-0.1, -0.05) is 47.4 Å². The molecule has 0 spiro atoms. The molecule has 0 aliphatic carbocycles. The normalized spacial score (nSPS) is 11.9. The lowest BCUT2D eigenvalue weighted by molar-refractivity contribution is -0.120. The Bertz CT molecular complexity index is 678. The maximum atomic E-state index is 11.8. The minimum atomic E-state index is -0.227. The van der Waals surface area contributed by atoms with Crippen molar-refractivity contribution in [1.29, 1.82) is 0 Å². The summed E-state index contributed by atoms with van der Waals surface area (Å²) in [4.78, 5) is 11.8. The molecule has 7 heteroatoms. The standard InChI is InChI=1S/C14H15N3OS3/c1-3-9-15-12(18)10(2)20-13-16-17(14(19)21-13)11-7-5-4-6-8-11/h3-8,10H,1,9H2,2H3,(H,15,18)/t10-/m1/s1. The third-order valence-corrected chi connectivity index (χ3v) is 5.01. The number of nitrogens with zero attached hydrogens (tertiary/aromatic N) is 2. The van der Waals surface area contributed by atoms with E-state index in [4.69, 9.17) is 12.2 Å². The van der Waals surface area contributed by atoms with Crippen molar-refractivity contribution < 1.29 is 4.79 Å². The van der Waals surface area contributed by atoms with Gasteiger partial charge >= 0.3 is 0 Å². The van der Waals surface area contributed by atoms with Gasteiger partial charge in [0.2, 0.25) is 5.91 Å². The van der Waals surface area contributed by atoms with E-state index in [0.29, 0.717) is 10.5 Å². The van der Waals surface area contributed by atoms with Gasteiger partial charge in [0.15, 0.2) is 8.29 Å². The molecule has 0 saturated heterocycles. The average molecular weight is 337 g/mol. The maximum absolute atomic E-state index is 11.8. The van der Waals surface area contributed by atoms with Gasteiger partial charge in [-0.05, 0) is 31.3 Å². The number of benzene rings is 1. The average Bonchev–Trinajstić information content (AvgIpc) is 2.86. The van der Waals surface area contributed by atoms with Crippen molar-refractivity contribution in [2.24, 2.45) is 0 Å². The van der Waals surface area contributed by atoms with Crippen LogP contribution in [0.25, 0.3) is 5.69 Å². The summed E-state index contributed by atoms with van der Waals surface area (Å²) in [5.74, 6) is -0.0349. The zero-order chi connectivity index (χ0) is 15.2. The number of thioether (sulfide) groups is 1. The molecular formula is C14H15N3OS3. The van der Waals surface area contributed by atoms with Crippen molar-refractivity contribution in [2.75, 3.05) is 6.54 Å². The summed E-state index contributed by atoms with van der Waals surface area (Å²) in [5.41, 5.74) is 0.925. The van der Waals surface area contributed by atoms with Crippen molar-refractivity contribution >= 4 is 41.2 Å². The quantitative estimate of drug-likeness (QED) is 0.498. The number of carbonyl (C=O) groups is 1. The fraction of sp³-hybridized carbons (Fsp3) is 0.214. The lowest BCUT2D eigenvalue weighted by atomic mass is 10.3. The Labute approximate surface area is 136 Å².